The van der Waals surface area contributed by atoms with Crippen LogP contribution in [0, 0.1) is 5.92 Å². The first-order chi connectivity index (χ1) is 16.0. The van der Waals surface area contributed by atoms with Gasteiger partial charge in [0.05, 0.1) is 31.9 Å². The van der Waals surface area contributed by atoms with Gasteiger partial charge in [-0.25, -0.2) is 4.99 Å². The van der Waals surface area contributed by atoms with E-state index in [4.69, 9.17) is 19.2 Å². The topological polar surface area (TPSA) is 60.4 Å². The number of para-hydroxylation sites is 1. The number of thioether (sulfide) groups is 1. The molecule has 6 nitrogen and oxygen atoms in total. The van der Waals surface area contributed by atoms with Gasteiger partial charge in [0.1, 0.15) is 0 Å². The quantitative estimate of drug-likeness (QED) is 0.497. The van der Waals surface area contributed by atoms with Crippen LogP contribution in [0.2, 0.25) is 0 Å². The standard InChI is InChI=1S/C26H30N2O4S/c1-17-10-8-9-13-20(17)28-25(29)23(33-26(28)27-19-11-6-5-7-12-19)16-18-14-21(30-2)24(32-4)22(15-18)31-3/h5-7,11-12,14-17,20H,8-10,13H2,1-4H3/b23-16-,27-26?/t17-,20-/m1/s1. The second kappa shape index (κ2) is 10.3. The summed E-state index contributed by atoms with van der Waals surface area (Å²) < 4.78 is 16.4. The first kappa shape index (κ1) is 23.2. The van der Waals surface area contributed by atoms with Gasteiger partial charge in [-0.15, -0.1) is 0 Å². The molecule has 33 heavy (non-hydrogen) atoms. The molecule has 1 aliphatic carbocycles. The number of hydrogen-bond acceptors (Lipinski definition) is 6. The summed E-state index contributed by atoms with van der Waals surface area (Å²) in [5, 5.41) is 0.739. The molecule has 2 aromatic carbocycles. The van der Waals surface area contributed by atoms with Crippen LogP contribution in [-0.4, -0.2) is 43.3 Å². The molecule has 1 saturated heterocycles. The number of hydrogen-bond donors (Lipinski definition) is 0. The summed E-state index contributed by atoms with van der Waals surface area (Å²) in [5.74, 6) is 2.06. The number of rotatable bonds is 6. The Kier molecular flexibility index (Phi) is 7.28. The van der Waals surface area contributed by atoms with Crippen LogP contribution in [0.1, 0.15) is 38.2 Å². The second-order valence-electron chi connectivity index (χ2n) is 8.30. The summed E-state index contributed by atoms with van der Waals surface area (Å²) in [5.41, 5.74) is 1.65. The first-order valence-corrected chi connectivity index (χ1v) is 12.0. The van der Waals surface area contributed by atoms with Crippen molar-refractivity contribution in [1.29, 1.82) is 0 Å². The Morgan fingerprint density at radius 3 is 2.27 bits per heavy atom. The van der Waals surface area contributed by atoms with Gasteiger partial charge < -0.3 is 14.2 Å². The molecule has 1 aliphatic heterocycles. The Balaban J connectivity index is 1.75. The zero-order chi connectivity index (χ0) is 23.4. The number of amides is 1. The molecule has 1 saturated carbocycles. The minimum absolute atomic E-state index is 0.00202. The van der Waals surface area contributed by atoms with Gasteiger partial charge in [0.15, 0.2) is 16.7 Å². The van der Waals surface area contributed by atoms with Crippen LogP contribution in [0.25, 0.3) is 6.08 Å². The third-order valence-corrected chi connectivity index (χ3v) is 7.18. The number of nitrogens with zero attached hydrogens (tertiary/aromatic N) is 2. The van der Waals surface area contributed by atoms with Gasteiger partial charge in [0.2, 0.25) is 5.75 Å². The molecular formula is C26H30N2O4S. The van der Waals surface area contributed by atoms with E-state index in [0.29, 0.717) is 28.1 Å². The minimum Gasteiger partial charge on any atom is -0.493 e. The van der Waals surface area contributed by atoms with E-state index in [9.17, 15) is 4.79 Å². The number of ether oxygens (including phenoxy) is 3. The van der Waals surface area contributed by atoms with Crippen molar-refractivity contribution >= 4 is 34.6 Å². The Morgan fingerprint density at radius 2 is 1.67 bits per heavy atom. The zero-order valence-corrected chi connectivity index (χ0v) is 20.4. The van der Waals surface area contributed by atoms with Gasteiger partial charge in [-0.1, -0.05) is 38.0 Å². The van der Waals surface area contributed by atoms with E-state index in [1.54, 1.807) is 21.3 Å². The summed E-state index contributed by atoms with van der Waals surface area (Å²) in [7, 11) is 4.74. The molecule has 0 aromatic heterocycles. The van der Waals surface area contributed by atoms with E-state index in [-0.39, 0.29) is 11.9 Å². The predicted molar refractivity (Wildman–Crippen MR) is 133 cm³/mol. The highest BCUT2D eigenvalue weighted by atomic mass is 32.2. The third kappa shape index (κ3) is 4.88. The molecule has 2 aromatic rings. The number of aliphatic imine (C=N–C) groups is 1. The molecule has 2 aliphatic rings. The SMILES string of the molecule is COc1cc(/C=C2\SC(=Nc3ccccc3)N([C@@H]3CCCC[C@H]3C)C2=O)cc(OC)c1OC. The van der Waals surface area contributed by atoms with Crippen molar-refractivity contribution in [3.8, 4) is 17.2 Å². The summed E-state index contributed by atoms with van der Waals surface area (Å²) >= 11 is 1.42. The van der Waals surface area contributed by atoms with Crippen LogP contribution >= 0.6 is 11.8 Å². The molecule has 0 spiro atoms. The molecule has 0 unspecified atom stereocenters. The van der Waals surface area contributed by atoms with E-state index < -0.39 is 0 Å². The highest BCUT2D eigenvalue weighted by molar-refractivity contribution is 8.18. The summed E-state index contributed by atoms with van der Waals surface area (Å²) in [6.07, 6.45) is 6.36. The Labute approximate surface area is 199 Å². The normalized spacial score (nSPS) is 23.3. The fraction of sp³-hybridized carbons (Fsp3) is 0.385. The molecule has 0 N–H and O–H groups in total. The maximum atomic E-state index is 13.7. The van der Waals surface area contributed by atoms with Crippen molar-refractivity contribution in [3.63, 3.8) is 0 Å². The number of carbonyl (C=O) groups is 1. The van der Waals surface area contributed by atoms with Crippen molar-refractivity contribution in [1.82, 2.24) is 4.90 Å². The monoisotopic (exact) mass is 466 g/mol. The Bertz CT molecular complexity index is 1040. The lowest BCUT2D eigenvalue weighted by Crippen LogP contribution is -2.44. The van der Waals surface area contributed by atoms with E-state index >= 15 is 0 Å². The number of amidine groups is 1. The smallest absolute Gasteiger partial charge is 0.267 e. The third-order valence-electron chi connectivity index (χ3n) is 6.20. The fourth-order valence-corrected chi connectivity index (χ4v) is 5.53. The maximum Gasteiger partial charge on any atom is 0.267 e. The van der Waals surface area contributed by atoms with Gasteiger partial charge in [-0.3, -0.25) is 9.69 Å². The van der Waals surface area contributed by atoms with Gasteiger partial charge in [-0.05, 0) is 66.4 Å². The van der Waals surface area contributed by atoms with Gasteiger partial charge in [0.25, 0.3) is 5.91 Å². The van der Waals surface area contributed by atoms with Crippen LogP contribution in [0.15, 0.2) is 52.4 Å². The van der Waals surface area contributed by atoms with Crippen LogP contribution in [0.5, 0.6) is 17.2 Å². The highest BCUT2D eigenvalue weighted by Crippen LogP contribution is 2.42. The van der Waals surface area contributed by atoms with Crippen molar-refractivity contribution < 1.29 is 19.0 Å². The Morgan fingerprint density at radius 1 is 1.00 bits per heavy atom. The van der Waals surface area contributed by atoms with Gasteiger partial charge in [-0.2, -0.15) is 0 Å². The number of methoxy groups -OCH3 is 3. The molecule has 1 amide bonds. The molecular weight excluding hydrogens is 436 g/mol. The van der Waals surface area contributed by atoms with E-state index in [2.05, 4.69) is 6.92 Å². The summed E-state index contributed by atoms with van der Waals surface area (Å²) in [4.78, 5) is 21.1. The average molecular weight is 467 g/mol. The highest BCUT2D eigenvalue weighted by Gasteiger charge is 2.41. The van der Waals surface area contributed by atoms with Gasteiger partial charge in [0, 0.05) is 6.04 Å². The second-order valence-corrected chi connectivity index (χ2v) is 9.31. The minimum atomic E-state index is 0.00202. The predicted octanol–water partition coefficient (Wildman–Crippen LogP) is 5.90. The Hall–Kier alpha value is -2.93. The van der Waals surface area contributed by atoms with E-state index in [1.165, 1.54) is 18.2 Å². The zero-order valence-electron chi connectivity index (χ0n) is 19.5. The van der Waals surface area contributed by atoms with E-state index in [0.717, 1.165) is 35.7 Å². The van der Waals surface area contributed by atoms with Crippen molar-refractivity contribution in [2.75, 3.05) is 21.3 Å². The average Bonchev–Trinajstić information content (AvgIpc) is 3.13. The van der Waals surface area contributed by atoms with Gasteiger partial charge >= 0.3 is 0 Å². The molecule has 7 heteroatoms. The molecule has 0 radical (unpaired) electrons. The lowest BCUT2D eigenvalue weighted by molar-refractivity contribution is -0.124. The lowest BCUT2D eigenvalue weighted by Gasteiger charge is -2.35. The van der Waals surface area contributed by atoms with E-state index in [1.807, 2.05) is 53.4 Å². The van der Waals surface area contributed by atoms with Crippen molar-refractivity contribution in [2.24, 2.45) is 10.9 Å². The largest absolute Gasteiger partial charge is 0.493 e. The van der Waals surface area contributed by atoms with Crippen LogP contribution in [0.4, 0.5) is 5.69 Å². The first-order valence-electron chi connectivity index (χ1n) is 11.2. The molecule has 0 bridgehead atoms. The summed E-state index contributed by atoms with van der Waals surface area (Å²) in [6, 6.07) is 13.7. The van der Waals surface area contributed by atoms with Crippen LogP contribution < -0.4 is 14.2 Å². The molecule has 1 heterocycles. The van der Waals surface area contributed by atoms with Crippen molar-refractivity contribution in [3.05, 3.63) is 52.9 Å². The van der Waals surface area contributed by atoms with Crippen molar-refractivity contribution in [2.45, 2.75) is 38.6 Å². The van der Waals surface area contributed by atoms with Crippen LogP contribution in [-0.2, 0) is 4.79 Å². The maximum absolute atomic E-state index is 13.7. The van der Waals surface area contributed by atoms with Crippen LogP contribution in [0.3, 0.4) is 0 Å². The molecule has 174 valence electrons. The summed E-state index contributed by atoms with van der Waals surface area (Å²) in [6.45, 7) is 2.24. The fourth-order valence-electron chi connectivity index (χ4n) is 4.49. The molecule has 2 fully saturated rings. The number of carbonyl (C=O) groups excluding carboxylic acids is 1. The molecule has 2 atom stereocenters. The number of benzene rings is 2. The molecule has 4 rings (SSSR count). The lowest BCUT2D eigenvalue weighted by atomic mass is 9.85.